The number of benzene rings is 1. The lowest BCUT2D eigenvalue weighted by Crippen LogP contribution is -2.38. The van der Waals surface area contributed by atoms with E-state index in [-0.39, 0.29) is 17.7 Å². The fourth-order valence-electron chi connectivity index (χ4n) is 3.97. The van der Waals surface area contributed by atoms with Gasteiger partial charge in [-0.3, -0.25) is 19.7 Å². The van der Waals surface area contributed by atoms with E-state index in [0.717, 1.165) is 36.6 Å². The Morgan fingerprint density at radius 1 is 1.27 bits per heavy atom. The summed E-state index contributed by atoms with van der Waals surface area (Å²) in [4.78, 5) is 45.2. The maximum Gasteiger partial charge on any atom is 0.311 e. The Hall–Kier alpha value is -3.31. The predicted octanol–water partition coefficient (Wildman–Crippen LogP) is 3.29. The van der Waals surface area contributed by atoms with Crippen LogP contribution >= 0.6 is 11.3 Å². The molecule has 0 saturated carbocycles. The number of hydrogen-bond donors (Lipinski definition) is 2. The second-order valence-electron chi connectivity index (χ2n) is 7.67. The van der Waals surface area contributed by atoms with Crippen molar-refractivity contribution < 1.29 is 24.7 Å². The minimum absolute atomic E-state index is 0.147. The molecule has 10 nitrogen and oxygen atoms in total. The number of ketones is 1. The molecule has 0 aliphatic carbocycles. The average molecular weight is 475 g/mol. The summed E-state index contributed by atoms with van der Waals surface area (Å²) < 4.78 is 0. The molecule has 1 aromatic heterocycles. The van der Waals surface area contributed by atoms with Crippen LogP contribution in [0.3, 0.4) is 0 Å². The molecule has 0 bridgehead atoms. The largest absolute Gasteiger partial charge is 0.503 e. The van der Waals surface area contributed by atoms with Crippen LogP contribution in [-0.4, -0.2) is 67.8 Å². The number of rotatable bonds is 9. The molecule has 1 aromatic carbocycles. The highest BCUT2D eigenvalue weighted by atomic mass is 32.1. The summed E-state index contributed by atoms with van der Waals surface area (Å²) >= 11 is 1.15. The van der Waals surface area contributed by atoms with Crippen molar-refractivity contribution in [2.24, 2.45) is 0 Å². The highest BCUT2D eigenvalue weighted by molar-refractivity contribution is 7.14. The maximum atomic E-state index is 13.5. The van der Waals surface area contributed by atoms with Crippen molar-refractivity contribution in [1.82, 2.24) is 14.8 Å². The van der Waals surface area contributed by atoms with Crippen LogP contribution in [-0.2, 0) is 4.79 Å². The number of nitrogens with zero attached hydrogens (tertiary/aromatic N) is 4. The summed E-state index contributed by atoms with van der Waals surface area (Å²) in [5.41, 5.74) is 0.0314. The molecule has 3 rings (SSSR count). The maximum absolute atomic E-state index is 13.5. The van der Waals surface area contributed by atoms with Crippen molar-refractivity contribution in [1.29, 1.82) is 0 Å². The van der Waals surface area contributed by atoms with Gasteiger partial charge in [-0.05, 0) is 38.6 Å². The number of carbonyl (C=O) groups is 2. The number of hydrogen-bond acceptors (Lipinski definition) is 9. The smallest absolute Gasteiger partial charge is 0.311 e. The Balaban J connectivity index is 2.12. The predicted molar refractivity (Wildman–Crippen MR) is 123 cm³/mol. The van der Waals surface area contributed by atoms with Gasteiger partial charge >= 0.3 is 5.69 Å². The van der Waals surface area contributed by atoms with Gasteiger partial charge in [0.15, 0.2) is 11.5 Å². The molecule has 1 unspecified atom stereocenters. The second-order valence-corrected chi connectivity index (χ2v) is 8.88. The van der Waals surface area contributed by atoms with Gasteiger partial charge in [-0.2, -0.15) is 0 Å². The number of carbonyl (C=O) groups excluding carboxylic acids is 2. The molecule has 2 N–H and O–H groups in total. The monoisotopic (exact) mass is 474 g/mol. The molecular formula is C22H26N4O6S. The Bertz CT molecular complexity index is 1140. The number of Topliss-reactive ketones (excluding diaryl/α,β-unsaturated/α-hetero) is 1. The standard InChI is InChI=1S/C22H26N4O6S/c1-5-24(6-2)9-10-25-18(14-7-8-16(27)15(11-14)26(31)32)17(20(29)22(25)30)19(28)21-12(3)23-13(4)33-21/h7-8,11,18,27,29H,5-6,9-10H2,1-4H3. The highest BCUT2D eigenvalue weighted by Crippen LogP contribution is 2.42. The van der Waals surface area contributed by atoms with E-state index in [1.807, 2.05) is 13.8 Å². The molecular weight excluding hydrogens is 448 g/mol. The lowest BCUT2D eigenvalue weighted by molar-refractivity contribution is -0.385. The van der Waals surface area contributed by atoms with E-state index in [4.69, 9.17) is 0 Å². The summed E-state index contributed by atoms with van der Waals surface area (Å²) in [7, 11) is 0. The number of phenolic OH excluding ortho intramolecular Hbond substituents is 1. The van der Waals surface area contributed by atoms with Crippen molar-refractivity contribution in [3.8, 4) is 5.75 Å². The molecule has 0 saturated heterocycles. The van der Waals surface area contributed by atoms with Crippen LogP contribution in [0.4, 0.5) is 5.69 Å². The summed E-state index contributed by atoms with van der Waals surface area (Å²) in [5, 5.41) is 32.7. The van der Waals surface area contributed by atoms with E-state index in [1.54, 1.807) is 13.8 Å². The third-order valence-corrected chi connectivity index (χ3v) is 6.79. The zero-order valence-electron chi connectivity index (χ0n) is 18.9. The number of likely N-dealkylation sites (N-methyl/N-ethyl adjacent to an activating group) is 1. The zero-order chi connectivity index (χ0) is 24.4. The molecule has 2 heterocycles. The number of amides is 1. The van der Waals surface area contributed by atoms with Crippen molar-refractivity contribution >= 4 is 28.7 Å². The quantitative estimate of drug-likeness (QED) is 0.321. The molecule has 176 valence electrons. The van der Waals surface area contributed by atoms with E-state index >= 15 is 0 Å². The topological polar surface area (TPSA) is 137 Å². The van der Waals surface area contributed by atoms with Crippen LogP contribution in [0.25, 0.3) is 0 Å². The van der Waals surface area contributed by atoms with Gasteiger partial charge in [-0.1, -0.05) is 19.9 Å². The summed E-state index contributed by atoms with van der Waals surface area (Å²) in [6, 6.07) is 2.66. The van der Waals surface area contributed by atoms with Crippen molar-refractivity contribution in [2.75, 3.05) is 26.2 Å². The third kappa shape index (κ3) is 4.60. The van der Waals surface area contributed by atoms with Crippen LogP contribution in [0.2, 0.25) is 0 Å². The van der Waals surface area contributed by atoms with Crippen molar-refractivity contribution in [3.05, 3.63) is 60.8 Å². The molecule has 33 heavy (non-hydrogen) atoms. The fourth-order valence-corrected chi connectivity index (χ4v) is 4.85. The fraction of sp³-hybridized carbons (Fsp3) is 0.409. The van der Waals surface area contributed by atoms with Crippen LogP contribution in [0, 0.1) is 24.0 Å². The first-order chi connectivity index (χ1) is 15.6. The molecule has 1 aliphatic rings. The van der Waals surface area contributed by atoms with Crippen LogP contribution in [0.5, 0.6) is 5.75 Å². The molecule has 2 aromatic rings. The lowest BCUT2D eigenvalue weighted by Gasteiger charge is -2.29. The lowest BCUT2D eigenvalue weighted by atomic mass is 9.94. The van der Waals surface area contributed by atoms with Crippen molar-refractivity contribution in [3.63, 3.8) is 0 Å². The summed E-state index contributed by atoms with van der Waals surface area (Å²) in [5.74, 6) is -2.47. The minimum Gasteiger partial charge on any atom is -0.503 e. The first-order valence-electron chi connectivity index (χ1n) is 10.5. The number of aliphatic hydroxyl groups is 1. The number of thiazole rings is 1. The van der Waals surface area contributed by atoms with E-state index in [9.17, 15) is 29.9 Å². The first kappa shape index (κ1) is 24.3. The van der Waals surface area contributed by atoms with Crippen molar-refractivity contribution in [2.45, 2.75) is 33.7 Å². The van der Waals surface area contributed by atoms with Gasteiger partial charge in [-0.15, -0.1) is 11.3 Å². The van der Waals surface area contributed by atoms with Gasteiger partial charge < -0.3 is 20.0 Å². The second kappa shape index (κ2) is 9.67. The van der Waals surface area contributed by atoms with Gasteiger partial charge in [0, 0.05) is 19.2 Å². The Kier molecular flexibility index (Phi) is 7.13. The van der Waals surface area contributed by atoms with E-state index in [1.165, 1.54) is 11.0 Å². The normalized spacial score (nSPS) is 16.2. The summed E-state index contributed by atoms with van der Waals surface area (Å²) in [6.45, 7) is 9.57. The van der Waals surface area contributed by atoms with Gasteiger partial charge in [-0.25, -0.2) is 4.98 Å². The third-order valence-electron chi connectivity index (χ3n) is 5.72. The van der Waals surface area contributed by atoms with E-state index < -0.39 is 39.9 Å². The first-order valence-corrected chi connectivity index (χ1v) is 11.3. The molecule has 11 heteroatoms. The number of nitro groups is 1. The zero-order valence-corrected chi connectivity index (χ0v) is 19.7. The van der Waals surface area contributed by atoms with Crippen LogP contribution in [0.15, 0.2) is 29.5 Å². The highest BCUT2D eigenvalue weighted by Gasteiger charge is 2.45. The van der Waals surface area contributed by atoms with E-state index in [2.05, 4.69) is 9.88 Å². The van der Waals surface area contributed by atoms with Gasteiger partial charge in [0.2, 0.25) is 5.78 Å². The Labute approximate surface area is 194 Å². The number of nitro benzene ring substituents is 1. The van der Waals surface area contributed by atoms with Gasteiger partial charge in [0.25, 0.3) is 5.91 Å². The van der Waals surface area contributed by atoms with Gasteiger partial charge in [0.1, 0.15) is 0 Å². The SMILES string of the molecule is CCN(CC)CCN1C(=O)C(O)=C(C(=O)c2sc(C)nc2C)C1c1ccc(O)c([N+](=O)[O-])c1. The number of aliphatic hydroxyl groups excluding tert-OH is 1. The molecule has 0 spiro atoms. The molecule has 1 aliphatic heterocycles. The number of aromatic nitrogens is 1. The van der Waals surface area contributed by atoms with E-state index in [0.29, 0.717) is 22.1 Å². The number of aromatic hydroxyl groups is 1. The molecule has 0 fully saturated rings. The molecule has 0 radical (unpaired) electrons. The molecule has 1 atom stereocenters. The van der Waals surface area contributed by atoms with Crippen LogP contribution < -0.4 is 0 Å². The summed E-state index contributed by atoms with van der Waals surface area (Å²) in [6.07, 6.45) is 0. The molecule has 1 amide bonds. The Morgan fingerprint density at radius 3 is 2.48 bits per heavy atom. The van der Waals surface area contributed by atoms with Crippen LogP contribution in [0.1, 0.15) is 45.8 Å². The Morgan fingerprint density at radius 2 is 1.94 bits per heavy atom. The number of aryl methyl sites for hydroxylation is 2. The minimum atomic E-state index is -1.04. The number of phenols is 1. The van der Waals surface area contributed by atoms with Gasteiger partial charge in [0.05, 0.1) is 32.1 Å². The average Bonchev–Trinajstić information content (AvgIpc) is 3.24.